The molecule has 0 bridgehead atoms. The lowest BCUT2D eigenvalue weighted by Gasteiger charge is -2.18. The molecule has 0 radical (unpaired) electrons. The Labute approximate surface area is 130 Å². The Bertz CT molecular complexity index is 523. The highest BCUT2D eigenvalue weighted by Gasteiger charge is 2.41. The van der Waals surface area contributed by atoms with Crippen LogP contribution in [0.2, 0.25) is 0 Å². The van der Waals surface area contributed by atoms with Gasteiger partial charge in [0.05, 0.1) is 11.7 Å². The summed E-state index contributed by atoms with van der Waals surface area (Å²) in [4.78, 5) is 2.76. The number of para-hydroxylation sites is 1. The molecule has 3 rings (SSSR count). The van der Waals surface area contributed by atoms with Gasteiger partial charge < -0.3 is 15.6 Å². The summed E-state index contributed by atoms with van der Waals surface area (Å²) in [5, 5.41) is 9.93. The lowest BCUT2D eigenvalue weighted by Crippen LogP contribution is -2.29. The number of fused-ring (bicyclic) bond motifs is 1. The van der Waals surface area contributed by atoms with Crippen molar-refractivity contribution < 1.29 is 9.84 Å². The summed E-state index contributed by atoms with van der Waals surface area (Å²) in [6.45, 7) is 3.58. The second kappa shape index (κ2) is 6.30. The van der Waals surface area contributed by atoms with Gasteiger partial charge in [0.2, 0.25) is 0 Å². The Morgan fingerprint density at radius 1 is 1.33 bits per heavy atom. The number of rotatable bonds is 5. The van der Waals surface area contributed by atoms with E-state index in [1.54, 1.807) is 0 Å². The largest absolute Gasteiger partial charge is 0.492 e. The van der Waals surface area contributed by atoms with Crippen LogP contribution < -0.4 is 10.5 Å². The van der Waals surface area contributed by atoms with Crippen molar-refractivity contribution in [3.63, 3.8) is 0 Å². The van der Waals surface area contributed by atoms with Crippen LogP contribution in [0.25, 0.3) is 0 Å². The van der Waals surface area contributed by atoms with E-state index in [0.717, 1.165) is 43.8 Å². The molecule has 21 heavy (non-hydrogen) atoms. The Balaban J connectivity index is 1.50. The van der Waals surface area contributed by atoms with Crippen LogP contribution >= 0.6 is 12.2 Å². The van der Waals surface area contributed by atoms with E-state index < -0.39 is 0 Å². The summed E-state index contributed by atoms with van der Waals surface area (Å²) in [6, 6.07) is 7.61. The van der Waals surface area contributed by atoms with Gasteiger partial charge in [-0.25, -0.2) is 0 Å². The van der Waals surface area contributed by atoms with Crippen molar-refractivity contribution >= 4 is 17.2 Å². The summed E-state index contributed by atoms with van der Waals surface area (Å²) >= 11 is 5.03. The number of benzene rings is 1. The number of hydrogen-bond acceptors (Lipinski definition) is 4. The summed E-state index contributed by atoms with van der Waals surface area (Å²) < 4.78 is 5.84. The number of nitrogens with zero attached hydrogens (tertiary/aromatic N) is 1. The second-order valence-electron chi connectivity index (χ2n) is 6.04. The quantitative estimate of drug-likeness (QED) is 0.805. The van der Waals surface area contributed by atoms with E-state index in [2.05, 4.69) is 4.90 Å². The van der Waals surface area contributed by atoms with E-state index in [-0.39, 0.29) is 6.10 Å². The molecule has 0 aromatic heterocycles. The van der Waals surface area contributed by atoms with E-state index in [1.807, 2.05) is 24.3 Å². The second-order valence-corrected chi connectivity index (χ2v) is 6.48. The molecule has 2 fully saturated rings. The van der Waals surface area contributed by atoms with Gasteiger partial charge in [0, 0.05) is 25.6 Å². The lowest BCUT2D eigenvalue weighted by atomic mass is 10.00. The molecule has 5 heteroatoms. The van der Waals surface area contributed by atoms with Gasteiger partial charge in [-0.1, -0.05) is 24.4 Å². The van der Waals surface area contributed by atoms with Gasteiger partial charge in [0.1, 0.15) is 17.3 Å². The monoisotopic (exact) mass is 306 g/mol. The number of hydrogen-bond donors (Lipinski definition) is 2. The Kier molecular flexibility index (Phi) is 4.42. The van der Waals surface area contributed by atoms with Crippen LogP contribution in [-0.4, -0.2) is 47.3 Å². The summed E-state index contributed by atoms with van der Waals surface area (Å²) in [5.41, 5.74) is 6.49. The molecule has 2 aliphatic rings. The lowest BCUT2D eigenvalue weighted by molar-refractivity contribution is 0.122. The van der Waals surface area contributed by atoms with Crippen LogP contribution in [0, 0.1) is 11.8 Å². The minimum atomic E-state index is -0.101. The smallest absolute Gasteiger partial charge is 0.129 e. The topological polar surface area (TPSA) is 58.7 Å². The highest BCUT2D eigenvalue weighted by molar-refractivity contribution is 7.80. The third-order valence-corrected chi connectivity index (χ3v) is 4.93. The fraction of sp³-hybridized carbons (Fsp3) is 0.562. The van der Waals surface area contributed by atoms with Crippen molar-refractivity contribution in [2.75, 3.05) is 26.2 Å². The van der Waals surface area contributed by atoms with E-state index >= 15 is 0 Å². The molecule has 3 atom stereocenters. The molecule has 1 saturated heterocycles. The SMILES string of the molecule is NC(=S)c1ccccc1OCCN1CC2CCC(O)C2C1. The molecule has 1 aromatic rings. The van der Waals surface area contributed by atoms with Crippen molar-refractivity contribution in [3.05, 3.63) is 29.8 Å². The zero-order chi connectivity index (χ0) is 14.8. The van der Waals surface area contributed by atoms with Gasteiger partial charge >= 0.3 is 0 Å². The van der Waals surface area contributed by atoms with Gasteiger partial charge in [0.25, 0.3) is 0 Å². The molecule has 3 N–H and O–H groups in total. The maximum absolute atomic E-state index is 9.93. The summed E-state index contributed by atoms with van der Waals surface area (Å²) in [5.74, 6) is 1.89. The van der Waals surface area contributed by atoms with Gasteiger partial charge in [-0.2, -0.15) is 0 Å². The minimum absolute atomic E-state index is 0.101. The minimum Gasteiger partial charge on any atom is -0.492 e. The number of aliphatic hydroxyl groups is 1. The molecule has 0 spiro atoms. The zero-order valence-corrected chi connectivity index (χ0v) is 12.9. The zero-order valence-electron chi connectivity index (χ0n) is 12.1. The Morgan fingerprint density at radius 2 is 2.14 bits per heavy atom. The first-order valence-electron chi connectivity index (χ1n) is 7.57. The molecule has 3 unspecified atom stereocenters. The van der Waals surface area contributed by atoms with Crippen LogP contribution in [0.15, 0.2) is 24.3 Å². The van der Waals surface area contributed by atoms with Crippen molar-refractivity contribution in [2.24, 2.45) is 17.6 Å². The van der Waals surface area contributed by atoms with E-state index in [0.29, 0.717) is 23.4 Å². The predicted molar refractivity (Wildman–Crippen MR) is 86.5 cm³/mol. The standard InChI is InChI=1S/C16H22N2O2S/c17-16(21)12-3-1-2-4-15(12)20-8-7-18-9-11-5-6-14(19)13(11)10-18/h1-4,11,13-14,19H,5-10H2,(H2,17,21). The maximum Gasteiger partial charge on any atom is 0.129 e. The molecule has 4 nitrogen and oxygen atoms in total. The van der Waals surface area contributed by atoms with Crippen molar-refractivity contribution in [3.8, 4) is 5.75 Å². The first-order valence-corrected chi connectivity index (χ1v) is 7.98. The third-order valence-electron chi connectivity index (χ3n) is 4.71. The molecule has 1 aliphatic carbocycles. The maximum atomic E-state index is 9.93. The van der Waals surface area contributed by atoms with E-state index in [4.69, 9.17) is 22.7 Å². The highest BCUT2D eigenvalue weighted by atomic mass is 32.1. The van der Waals surface area contributed by atoms with Crippen molar-refractivity contribution in [1.82, 2.24) is 4.90 Å². The molecular formula is C16H22N2O2S. The van der Waals surface area contributed by atoms with Gasteiger partial charge in [-0.3, -0.25) is 4.90 Å². The molecule has 114 valence electrons. The molecule has 0 amide bonds. The number of nitrogens with two attached hydrogens (primary N) is 1. The van der Waals surface area contributed by atoms with Crippen molar-refractivity contribution in [1.29, 1.82) is 0 Å². The number of aliphatic hydroxyl groups excluding tert-OH is 1. The van der Waals surface area contributed by atoms with E-state index in [9.17, 15) is 5.11 Å². The third kappa shape index (κ3) is 3.20. The van der Waals surface area contributed by atoms with Gasteiger partial charge in [-0.05, 0) is 30.9 Å². The number of likely N-dealkylation sites (tertiary alicyclic amines) is 1. The molecule has 1 aromatic carbocycles. The summed E-state index contributed by atoms with van der Waals surface area (Å²) in [6.07, 6.45) is 2.03. The van der Waals surface area contributed by atoms with Crippen LogP contribution in [0.3, 0.4) is 0 Å². The molecular weight excluding hydrogens is 284 g/mol. The molecule has 1 saturated carbocycles. The van der Waals surface area contributed by atoms with Crippen LogP contribution in [0.1, 0.15) is 18.4 Å². The number of thiocarbonyl (C=S) groups is 1. The molecule has 1 aliphatic heterocycles. The first-order chi connectivity index (χ1) is 10.1. The van der Waals surface area contributed by atoms with E-state index in [1.165, 1.54) is 0 Å². The van der Waals surface area contributed by atoms with Crippen LogP contribution in [-0.2, 0) is 0 Å². The van der Waals surface area contributed by atoms with Crippen molar-refractivity contribution in [2.45, 2.75) is 18.9 Å². The summed E-state index contributed by atoms with van der Waals surface area (Å²) in [7, 11) is 0. The first kappa shape index (κ1) is 14.8. The Hall–Kier alpha value is -1.17. The average molecular weight is 306 g/mol. The van der Waals surface area contributed by atoms with Gasteiger partial charge in [-0.15, -0.1) is 0 Å². The highest BCUT2D eigenvalue weighted by Crippen LogP contribution is 2.37. The molecule has 1 heterocycles. The van der Waals surface area contributed by atoms with Gasteiger partial charge in [0.15, 0.2) is 0 Å². The average Bonchev–Trinajstić information content (AvgIpc) is 3.02. The predicted octanol–water partition coefficient (Wildman–Crippen LogP) is 1.40. The van der Waals surface area contributed by atoms with Crippen LogP contribution in [0.4, 0.5) is 0 Å². The Morgan fingerprint density at radius 3 is 2.90 bits per heavy atom. The number of ether oxygens (including phenoxy) is 1. The normalized spacial score (nSPS) is 28.5. The van der Waals surface area contributed by atoms with Crippen LogP contribution in [0.5, 0.6) is 5.75 Å². The fourth-order valence-electron chi connectivity index (χ4n) is 3.59. The fourth-order valence-corrected chi connectivity index (χ4v) is 3.76.